The van der Waals surface area contributed by atoms with Crippen molar-refractivity contribution in [2.24, 2.45) is 11.8 Å². The van der Waals surface area contributed by atoms with Crippen LogP contribution >= 0.6 is 11.8 Å². The van der Waals surface area contributed by atoms with Crippen molar-refractivity contribution in [2.75, 3.05) is 19.9 Å². The summed E-state index contributed by atoms with van der Waals surface area (Å²) in [5, 5.41) is 3.81. The van der Waals surface area contributed by atoms with E-state index in [1.54, 1.807) is 31.1 Å². The summed E-state index contributed by atoms with van der Waals surface area (Å²) in [6.45, 7) is 3.68. The number of esters is 1. The maximum Gasteiger partial charge on any atom is 0.326 e. The molecule has 2 fully saturated rings. The van der Waals surface area contributed by atoms with Gasteiger partial charge in [-0.2, -0.15) is 0 Å². The third-order valence-electron chi connectivity index (χ3n) is 5.06. The van der Waals surface area contributed by atoms with Gasteiger partial charge in [0, 0.05) is 36.8 Å². The molecule has 2 saturated heterocycles. The lowest BCUT2D eigenvalue weighted by Crippen LogP contribution is -2.53. The first kappa shape index (κ1) is 18.8. The number of carbonyl (C=O) groups excluding carboxylic acids is 3. The van der Waals surface area contributed by atoms with Crippen molar-refractivity contribution in [1.82, 2.24) is 20.2 Å². The molecule has 0 aliphatic carbocycles. The van der Waals surface area contributed by atoms with Crippen LogP contribution in [-0.4, -0.2) is 58.1 Å². The van der Waals surface area contributed by atoms with Crippen LogP contribution < -0.4 is 5.32 Å². The summed E-state index contributed by atoms with van der Waals surface area (Å²) >= 11 is 1.55. The molecule has 3 heterocycles. The minimum absolute atomic E-state index is 0.311. The maximum absolute atomic E-state index is 12.7. The van der Waals surface area contributed by atoms with Crippen LogP contribution in [0.15, 0.2) is 17.6 Å². The first-order chi connectivity index (χ1) is 12.3. The summed E-state index contributed by atoms with van der Waals surface area (Å²) < 4.78 is 4.89. The van der Waals surface area contributed by atoms with E-state index < -0.39 is 29.4 Å². The van der Waals surface area contributed by atoms with E-state index in [2.05, 4.69) is 22.2 Å². The van der Waals surface area contributed by atoms with Crippen LogP contribution in [0.25, 0.3) is 0 Å². The third-order valence-corrected chi connectivity index (χ3v) is 6.14. The summed E-state index contributed by atoms with van der Waals surface area (Å²) in [7, 11) is 2.71. The summed E-state index contributed by atoms with van der Waals surface area (Å²) in [4.78, 5) is 47.4. The zero-order valence-corrected chi connectivity index (χ0v) is 16.0. The standard InChI is InChI=1S/C17H22N4O4S/c1-5-6-26-16-18-7-9(8-19-16)12-10-11(14(23)21(3)13(10)22)17(2,20-12)15(24)25-4/h7-8,10-12,20H,5-6H2,1-4H3/t10-,11-,12-,17-/m0/s1. The number of thioether (sulfide) groups is 1. The Morgan fingerprint density at radius 3 is 2.58 bits per heavy atom. The number of amides is 2. The monoisotopic (exact) mass is 378 g/mol. The van der Waals surface area contributed by atoms with Crippen molar-refractivity contribution in [3.05, 3.63) is 18.0 Å². The van der Waals surface area contributed by atoms with Gasteiger partial charge in [0.2, 0.25) is 11.8 Å². The quantitative estimate of drug-likeness (QED) is 0.347. The van der Waals surface area contributed by atoms with Gasteiger partial charge < -0.3 is 4.74 Å². The van der Waals surface area contributed by atoms with Crippen LogP contribution in [0.1, 0.15) is 31.9 Å². The fourth-order valence-corrected chi connectivity index (χ4v) is 4.37. The number of ether oxygens (including phenoxy) is 1. The minimum atomic E-state index is -1.28. The van der Waals surface area contributed by atoms with Gasteiger partial charge in [0.15, 0.2) is 5.16 Å². The van der Waals surface area contributed by atoms with Crippen molar-refractivity contribution in [3.63, 3.8) is 0 Å². The normalized spacial score (nSPS) is 30.6. The van der Waals surface area contributed by atoms with Gasteiger partial charge in [-0.05, 0) is 13.3 Å². The van der Waals surface area contributed by atoms with Crippen LogP contribution in [0.5, 0.6) is 0 Å². The van der Waals surface area contributed by atoms with E-state index in [1.165, 1.54) is 14.2 Å². The first-order valence-corrected chi connectivity index (χ1v) is 9.46. The lowest BCUT2D eigenvalue weighted by atomic mass is 9.80. The average molecular weight is 378 g/mol. The number of imide groups is 1. The van der Waals surface area contributed by atoms with E-state index in [9.17, 15) is 14.4 Å². The van der Waals surface area contributed by atoms with E-state index >= 15 is 0 Å². The van der Waals surface area contributed by atoms with E-state index in [0.29, 0.717) is 10.7 Å². The number of rotatable bonds is 5. The Hall–Kier alpha value is -2.00. The Morgan fingerprint density at radius 2 is 2.00 bits per heavy atom. The van der Waals surface area contributed by atoms with Crippen LogP contribution in [0.4, 0.5) is 0 Å². The number of likely N-dealkylation sites (tertiary alicyclic amines) is 1. The van der Waals surface area contributed by atoms with E-state index in [-0.39, 0.29) is 11.8 Å². The SMILES string of the molecule is CCCSc1ncc([C@@H]2N[C@](C)(C(=O)OC)[C@@H]3C(=O)N(C)C(=O)[C@@H]32)cn1. The summed E-state index contributed by atoms with van der Waals surface area (Å²) in [5.41, 5.74) is -0.609. The second kappa shape index (κ2) is 6.96. The van der Waals surface area contributed by atoms with Gasteiger partial charge in [0.05, 0.1) is 18.9 Å². The van der Waals surface area contributed by atoms with Crippen LogP contribution in [0.3, 0.4) is 0 Å². The molecule has 2 amide bonds. The fourth-order valence-electron chi connectivity index (χ4n) is 3.72. The fraction of sp³-hybridized carbons (Fsp3) is 0.588. The number of methoxy groups -OCH3 is 1. The number of carbonyl (C=O) groups is 3. The molecule has 0 spiro atoms. The smallest absolute Gasteiger partial charge is 0.326 e. The third kappa shape index (κ3) is 2.79. The molecule has 1 N–H and O–H groups in total. The second-order valence-corrected chi connectivity index (χ2v) is 7.76. The van der Waals surface area contributed by atoms with Crippen molar-refractivity contribution >= 4 is 29.5 Å². The molecule has 0 aromatic carbocycles. The summed E-state index contributed by atoms with van der Waals surface area (Å²) in [6.07, 6.45) is 4.32. The molecular formula is C17H22N4O4S. The van der Waals surface area contributed by atoms with Gasteiger partial charge in [-0.3, -0.25) is 24.6 Å². The lowest BCUT2D eigenvalue weighted by Gasteiger charge is -2.27. The molecule has 26 heavy (non-hydrogen) atoms. The Labute approximate surface area is 156 Å². The van der Waals surface area contributed by atoms with Gasteiger partial charge in [-0.25, -0.2) is 9.97 Å². The highest BCUT2D eigenvalue weighted by molar-refractivity contribution is 7.99. The molecule has 9 heteroatoms. The van der Waals surface area contributed by atoms with Crippen molar-refractivity contribution < 1.29 is 19.1 Å². The molecular weight excluding hydrogens is 356 g/mol. The minimum Gasteiger partial charge on any atom is -0.468 e. The number of aromatic nitrogens is 2. The van der Waals surface area contributed by atoms with Crippen molar-refractivity contribution in [1.29, 1.82) is 0 Å². The number of fused-ring (bicyclic) bond motifs is 1. The molecule has 0 bridgehead atoms. The Morgan fingerprint density at radius 1 is 1.35 bits per heavy atom. The Bertz CT molecular complexity index is 741. The van der Waals surface area contributed by atoms with E-state index in [1.807, 2.05) is 0 Å². The molecule has 1 aromatic rings. The van der Waals surface area contributed by atoms with Crippen molar-refractivity contribution in [2.45, 2.75) is 37.0 Å². The van der Waals surface area contributed by atoms with Gasteiger partial charge >= 0.3 is 5.97 Å². The number of hydrogen-bond acceptors (Lipinski definition) is 8. The van der Waals surface area contributed by atoms with E-state index in [4.69, 9.17) is 4.74 Å². The lowest BCUT2D eigenvalue weighted by molar-refractivity contribution is -0.152. The van der Waals surface area contributed by atoms with Gasteiger partial charge in [-0.15, -0.1) is 0 Å². The summed E-state index contributed by atoms with van der Waals surface area (Å²) in [6, 6.07) is -0.532. The predicted octanol–water partition coefficient (Wildman–Crippen LogP) is 0.786. The number of hydrogen-bond donors (Lipinski definition) is 1. The van der Waals surface area contributed by atoms with Gasteiger partial charge in [0.1, 0.15) is 5.54 Å². The van der Waals surface area contributed by atoms with Crippen molar-refractivity contribution in [3.8, 4) is 0 Å². The molecule has 1 aromatic heterocycles. The molecule has 4 atom stereocenters. The summed E-state index contributed by atoms with van der Waals surface area (Å²) in [5.74, 6) is -1.83. The molecule has 3 rings (SSSR count). The van der Waals surface area contributed by atoms with Crippen LogP contribution in [0, 0.1) is 11.8 Å². The van der Waals surface area contributed by atoms with Crippen LogP contribution in [0.2, 0.25) is 0 Å². The van der Waals surface area contributed by atoms with E-state index in [0.717, 1.165) is 17.1 Å². The zero-order valence-electron chi connectivity index (χ0n) is 15.2. The predicted molar refractivity (Wildman–Crippen MR) is 94.1 cm³/mol. The van der Waals surface area contributed by atoms with Gasteiger partial charge in [0.25, 0.3) is 0 Å². The first-order valence-electron chi connectivity index (χ1n) is 8.47. The highest BCUT2D eigenvalue weighted by Crippen LogP contribution is 2.48. The average Bonchev–Trinajstić information content (AvgIpc) is 3.09. The Balaban J connectivity index is 1.96. The van der Waals surface area contributed by atoms with Crippen LogP contribution in [-0.2, 0) is 19.1 Å². The largest absolute Gasteiger partial charge is 0.468 e. The topological polar surface area (TPSA) is 101 Å². The molecule has 0 unspecified atom stereocenters. The zero-order chi connectivity index (χ0) is 19.1. The molecule has 8 nitrogen and oxygen atoms in total. The Kier molecular flexibility index (Phi) is 5.03. The molecule has 140 valence electrons. The van der Waals surface area contributed by atoms with Gasteiger partial charge in [-0.1, -0.05) is 18.7 Å². The molecule has 0 radical (unpaired) electrons. The second-order valence-electron chi connectivity index (χ2n) is 6.70. The molecule has 2 aliphatic rings. The number of nitrogens with zero attached hydrogens (tertiary/aromatic N) is 3. The molecule has 0 saturated carbocycles. The number of nitrogens with one attached hydrogen (secondary N) is 1. The highest BCUT2D eigenvalue weighted by Gasteiger charge is 2.66. The maximum atomic E-state index is 12.7. The molecule has 2 aliphatic heterocycles. The highest BCUT2D eigenvalue weighted by atomic mass is 32.2.